The number of esters is 1. The van der Waals surface area contributed by atoms with Crippen LogP contribution in [0.25, 0.3) is 0 Å². The summed E-state index contributed by atoms with van der Waals surface area (Å²) in [5.74, 6) is 0.247. The van der Waals surface area contributed by atoms with Crippen LogP contribution in [0, 0.1) is 6.92 Å². The molecule has 0 fully saturated rings. The van der Waals surface area contributed by atoms with Crippen LogP contribution in [0.3, 0.4) is 0 Å². The van der Waals surface area contributed by atoms with Gasteiger partial charge in [0.25, 0.3) is 0 Å². The smallest absolute Gasteiger partial charge is 0.339 e. The predicted molar refractivity (Wildman–Crippen MR) is 82.9 cm³/mol. The van der Waals surface area contributed by atoms with Crippen LogP contribution in [0.4, 0.5) is 0 Å². The lowest BCUT2D eigenvalue weighted by atomic mass is 10.2. The first kappa shape index (κ1) is 16.1. The molecular weight excluding hydrogens is 336 g/mol. The summed E-state index contributed by atoms with van der Waals surface area (Å²) in [5.41, 5.74) is 0.649. The molecule has 0 aromatic heterocycles. The highest BCUT2D eigenvalue weighted by molar-refractivity contribution is 7.87. The van der Waals surface area contributed by atoms with E-state index in [4.69, 9.17) is 13.7 Å². The van der Waals surface area contributed by atoms with Gasteiger partial charge >= 0.3 is 16.1 Å². The van der Waals surface area contributed by atoms with Gasteiger partial charge in [-0.3, -0.25) is 0 Å². The molecule has 0 N–H and O–H groups in total. The number of rotatable bonds is 4. The minimum atomic E-state index is -4.10. The minimum Gasteiger partial charge on any atom is -0.465 e. The summed E-state index contributed by atoms with van der Waals surface area (Å²) in [6.07, 6.45) is 0. The molecule has 0 spiro atoms. The molecule has 1 aliphatic rings. The fourth-order valence-corrected chi connectivity index (χ4v) is 3.41. The Hall–Kier alpha value is -2.74. The molecule has 0 amide bonds. The molecule has 0 atom stereocenters. The lowest BCUT2D eigenvalue weighted by Gasteiger charge is -2.11. The third-order valence-electron chi connectivity index (χ3n) is 3.40. The van der Waals surface area contributed by atoms with Gasteiger partial charge in [-0.05, 0) is 36.8 Å². The number of aryl methyl sites for hydroxylation is 1. The van der Waals surface area contributed by atoms with Gasteiger partial charge in [0.1, 0.15) is 10.6 Å². The van der Waals surface area contributed by atoms with Crippen LogP contribution in [0.5, 0.6) is 17.2 Å². The summed E-state index contributed by atoms with van der Waals surface area (Å²) in [7, 11) is -2.86. The maximum atomic E-state index is 12.5. The zero-order valence-corrected chi connectivity index (χ0v) is 13.8. The van der Waals surface area contributed by atoms with Crippen molar-refractivity contribution in [3.63, 3.8) is 0 Å². The van der Waals surface area contributed by atoms with E-state index < -0.39 is 16.1 Å². The van der Waals surface area contributed by atoms with Gasteiger partial charge in [0, 0.05) is 6.07 Å². The average Bonchev–Trinajstić information content (AvgIpc) is 3.00. The topological polar surface area (TPSA) is 88.1 Å². The number of ether oxygens (including phenoxy) is 3. The fourth-order valence-electron chi connectivity index (χ4n) is 2.26. The van der Waals surface area contributed by atoms with E-state index in [1.165, 1.54) is 37.4 Å². The standard InChI is InChI=1S/C16H14O7S/c1-10-6-13-14(22-9-21-13)8-15(10)24(18,19)23-12-5-3-4-11(7-12)16(17)20-2/h3-8H,9H2,1-2H3. The van der Waals surface area contributed by atoms with Crippen molar-refractivity contribution in [2.24, 2.45) is 0 Å². The van der Waals surface area contributed by atoms with E-state index in [9.17, 15) is 13.2 Å². The molecule has 3 rings (SSSR count). The molecule has 0 saturated carbocycles. The van der Waals surface area contributed by atoms with Crippen LogP contribution in [-0.4, -0.2) is 28.3 Å². The van der Waals surface area contributed by atoms with Crippen LogP contribution in [0.2, 0.25) is 0 Å². The third-order valence-corrected chi connectivity index (χ3v) is 4.79. The quantitative estimate of drug-likeness (QED) is 0.617. The summed E-state index contributed by atoms with van der Waals surface area (Å²) >= 11 is 0. The van der Waals surface area contributed by atoms with Crippen LogP contribution in [0.1, 0.15) is 15.9 Å². The molecule has 24 heavy (non-hydrogen) atoms. The van der Waals surface area contributed by atoms with E-state index in [2.05, 4.69) is 4.74 Å². The molecule has 8 heteroatoms. The first-order valence-electron chi connectivity index (χ1n) is 6.94. The van der Waals surface area contributed by atoms with Crippen molar-refractivity contribution in [1.29, 1.82) is 0 Å². The molecule has 1 aliphatic heterocycles. The van der Waals surface area contributed by atoms with Crippen molar-refractivity contribution in [3.8, 4) is 17.2 Å². The number of hydrogen-bond acceptors (Lipinski definition) is 7. The van der Waals surface area contributed by atoms with E-state index in [1.807, 2.05) is 0 Å². The number of hydrogen-bond donors (Lipinski definition) is 0. The third kappa shape index (κ3) is 3.00. The number of fused-ring (bicyclic) bond motifs is 1. The predicted octanol–water partition coefficient (Wildman–Crippen LogP) is 2.28. The second kappa shape index (κ2) is 6.04. The Morgan fingerprint density at radius 3 is 2.54 bits per heavy atom. The second-order valence-electron chi connectivity index (χ2n) is 5.03. The zero-order valence-electron chi connectivity index (χ0n) is 12.9. The molecule has 126 valence electrons. The maximum Gasteiger partial charge on any atom is 0.339 e. The molecule has 2 aromatic rings. The van der Waals surface area contributed by atoms with Crippen molar-refractivity contribution in [2.75, 3.05) is 13.9 Å². The van der Waals surface area contributed by atoms with Crippen molar-refractivity contribution >= 4 is 16.1 Å². The van der Waals surface area contributed by atoms with Gasteiger partial charge in [-0.2, -0.15) is 8.42 Å². The second-order valence-corrected chi connectivity index (χ2v) is 6.54. The fraction of sp³-hybridized carbons (Fsp3) is 0.188. The monoisotopic (exact) mass is 350 g/mol. The van der Waals surface area contributed by atoms with Crippen LogP contribution in [-0.2, 0) is 14.9 Å². The summed E-state index contributed by atoms with van der Waals surface area (Å²) in [6, 6.07) is 8.67. The van der Waals surface area contributed by atoms with E-state index in [0.29, 0.717) is 17.1 Å². The summed E-state index contributed by atoms with van der Waals surface area (Å²) < 4.78 is 45.2. The van der Waals surface area contributed by atoms with Gasteiger partial charge in [-0.25, -0.2) is 4.79 Å². The minimum absolute atomic E-state index is 0.00923. The van der Waals surface area contributed by atoms with E-state index in [-0.39, 0.29) is 23.0 Å². The maximum absolute atomic E-state index is 12.5. The number of benzene rings is 2. The molecule has 0 radical (unpaired) electrons. The Balaban J connectivity index is 1.94. The molecule has 7 nitrogen and oxygen atoms in total. The molecule has 0 bridgehead atoms. The van der Waals surface area contributed by atoms with Gasteiger partial charge in [0.05, 0.1) is 12.7 Å². The highest BCUT2D eigenvalue weighted by Crippen LogP contribution is 2.36. The first-order chi connectivity index (χ1) is 11.4. The molecule has 0 unspecified atom stereocenters. The van der Waals surface area contributed by atoms with Crippen LogP contribution < -0.4 is 13.7 Å². The van der Waals surface area contributed by atoms with Crippen molar-refractivity contribution < 1.29 is 31.6 Å². The number of carbonyl (C=O) groups is 1. The van der Waals surface area contributed by atoms with E-state index in [1.54, 1.807) is 13.0 Å². The van der Waals surface area contributed by atoms with Gasteiger partial charge in [0.15, 0.2) is 11.5 Å². The number of carbonyl (C=O) groups excluding carboxylic acids is 1. The van der Waals surface area contributed by atoms with E-state index >= 15 is 0 Å². The molecule has 0 saturated heterocycles. The molecular formula is C16H14O7S. The average molecular weight is 350 g/mol. The Bertz CT molecular complexity index is 903. The summed E-state index contributed by atoms with van der Waals surface area (Å²) in [6.45, 7) is 1.67. The summed E-state index contributed by atoms with van der Waals surface area (Å²) in [4.78, 5) is 11.5. The number of methoxy groups -OCH3 is 1. The van der Waals surface area contributed by atoms with Gasteiger partial charge < -0.3 is 18.4 Å². The highest BCUT2D eigenvalue weighted by atomic mass is 32.2. The van der Waals surface area contributed by atoms with Crippen LogP contribution >= 0.6 is 0 Å². The Labute approximate surface area is 138 Å². The molecule has 2 aromatic carbocycles. The van der Waals surface area contributed by atoms with Gasteiger partial charge in [-0.1, -0.05) is 6.07 Å². The molecule has 1 heterocycles. The largest absolute Gasteiger partial charge is 0.465 e. The SMILES string of the molecule is COC(=O)c1cccc(OS(=O)(=O)c2cc3c(cc2C)OCO3)c1. The van der Waals surface area contributed by atoms with Crippen molar-refractivity contribution in [3.05, 3.63) is 47.5 Å². The first-order valence-corrected chi connectivity index (χ1v) is 8.34. The highest BCUT2D eigenvalue weighted by Gasteiger charge is 2.25. The van der Waals surface area contributed by atoms with Crippen molar-refractivity contribution in [2.45, 2.75) is 11.8 Å². The Kier molecular flexibility index (Phi) is 4.06. The normalized spacial score (nSPS) is 12.8. The van der Waals surface area contributed by atoms with Crippen molar-refractivity contribution in [1.82, 2.24) is 0 Å². The van der Waals surface area contributed by atoms with Gasteiger partial charge in [-0.15, -0.1) is 0 Å². The zero-order chi connectivity index (χ0) is 17.3. The lowest BCUT2D eigenvalue weighted by Crippen LogP contribution is -2.12. The lowest BCUT2D eigenvalue weighted by molar-refractivity contribution is 0.0600. The Morgan fingerprint density at radius 2 is 1.83 bits per heavy atom. The molecule has 0 aliphatic carbocycles. The summed E-state index contributed by atoms with van der Waals surface area (Å²) in [5, 5.41) is 0. The Morgan fingerprint density at radius 1 is 1.12 bits per heavy atom. The van der Waals surface area contributed by atoms with E-state index in [0.717, 1.165) is 0 Å². The van der Waals surface area contributed by atoms with Gasteiger partial charge in [0.2, 0.25) is 6.79 Å². The van der Waals surface area contributed by atoms with Crippen LogP contribution in [0.15, 0.2) is 41.3 Å².